The second-order valence-corrected chi connectivity index (χ2v) is 9.46. The van der Waals surface area contributed by atoms with Crippen molar-refractivity contribution in [3.63, 3.8) is 0 Å². The Kier molecular flexibility index (Phi) is 8.65. The topological polar surface area (TPSA) is 63.6 Å². The number of rotatable bonds is 7. The van der Waals surface area contributed by atoms with Gasteiger partial charge in [0.15, 0.2) is 5.96 Å². The highest BCUT2D eigenvalue weighted by molar-refractivity contribution is 5.80. The highest BCUT2D eigenvalue weighted by atomic mass is 16.5. The fraction of sp³-hybridized carbons (Fsp3) is 0.720. The van der Waals surface area contributed by atoms with Gasteiger partial charge < -0.3 is 25.0 Å². The molecule has 1 aromatic carbocycles. The van der Waals surface area contributed by atoms with Crippen molar-refractivity contribution in [2.24, 2.45) is 16.8 Å². The quantitative estimate of drug-likeness (QED) is 0.497. The lowest BCUT2D eigenvalue weighted by Gasteiger charge is -2.32. The lowest BCUT2D eigenvalue weighted by Crippen LogP contribution is -2.42. The van der Waals surface area contributed by atoms with E-state index in [9.17, 15) is 5.11 Å². The van der Waals surface area contributed by atoms with Gasteiger partial charge in [-0.1, -0.05) is 12.1 Å². The molecule has 0 aromatic heterocycles. The van der Waals surface area contributed by atoms with E-state index in [1.54, 1.807) is 0 Å². The van der Waals surface area contributed by atoms with Crippen LogP contribution >= 0.6 is 0 Å². The molecule has 3 saturated heterocycles. The standard InChI is InChI=1S/C25H41N5O2/c1-2-26-25(30-12-9-23(19-30)18-28-13-15-32-16-14-28)27-17-21-3-5-24(6-4-21)29-10-7-22(20-31)8-11-29/h3-6,22-23,31H,2,7-20H2,1H3,(H,26,27). The van der Waals surface area contributed by atoms with Gasteiger partial charge in [0.1, 0.15) is 0 Å². The van der Waals surface area contributed by atoms with E-state index in [2.05, 4.69) is 51.2 Å². The van der Waals surface area contributed by atoms with Gasteiger partial charge in [0.05, 0.1) is 19.8 Å². The zero-order chi connectivity index (χ0) is 22.2. The molecule has 2 N–H and O–H groups in total. The fourth-order valence-corrected chi connectivity index (χ4v) is 5.10. The molecule has 3 aliphatic heterocycles. The minimum absolute atomic E-state index is 0.323. The molecule has 32 heavy (non-hydrogen) atoms. The minimum atomic E-state index is 0.323. The van der Waals surface area contributed by atoms with Crippen molar-refractivity contribution < 1.29 is 9.84 Å². The summed E-state index contributed by atoms with van der Waals surface area (Å²) in [5, 5.41) is 12.9. The fourth-order valence-electron chi connectivity index (χ4n) is 5.10. The monoisotopic (exact) mass is 443 g/mol. The molecule has 3 fully saturated rings. The van der Waals surface area contributed by atoms with Crippen LogP contribution in [0.1, 0.15) is 31.7 Å². The first kappa shape index (κ1) is 23.3. The zero-order valence-electron chi connectivity index (χ0n) is 19.7. The van der Waals surface area contributed by atoms with Gasteiger partial charge in [-0.2, -0.15) is 0 Å². The Bertz CT molecular complexity index is 712. The Morgan fingerprint density at radius 3 is 2.44 bits per heavy atom. The number of aliphatic hydroxyl groups is 1. The molecule has 0 amide bonds. The van der Waals surface area contributed by atoms with Crippen LogP contribution in [0.4, 0.5) is 5.69 Å². The summed E-state index contributed by atoms with van der Waals surface area (Å²) >= 11 is 0. The van der Waals surface area contributed by atoms with Crippen LogP contribution in [-0.2, 0) is 11.3 Å². The van der Waals surface area contributed by atoms with Gasteiger partial charge in [0.2, 0.25) is 0 Å². The number of aliphatic hydroxyl groups excluding tert-OH is 1. The Labute approximate surface area is 193 Å². The van der Waals surface area contributed by atoms with Gasteiger partial charge in [-0.15, -0.1) is 0 Å². The number of aliphatic imine (C=N–C) groups is 1. The third-order valence-corrected chi connectivity index (χ3v) is 7.13. The summed E-state index contributed by atoms with van der Waals surface area (Å²) in [4.78, 5) is 12.4. The first-order chi connectivity index (χ1) is 15.7. The van der Waals surface area contributed by atoms with Crippen LogP contribution in [0, 0.1) is 11.8 Å². The van der Waals surface area contributed by atoms with Crippen molar-refractivity contribution >= 4 is 11.6 Å². The van der Waals surface area contributed by atoms with Crippen molar-refractivity contribution in [1.82, 2.24) is 15.1 Å². The van der Waals surface area contributed by atoms with Gasteiger partial charge in [-0.25, -0.2) is 4.99 Å². The molecule has 0 bridgehead atoms. The average Bonchev–Trinajstić information content (AvgIpc) is 3.31. The van der Waals surface area contributed by atoms with E-state index in [0.717, 1.165) is 77.8 Å². The highest BCUT2D eigenvalue weighted by Crippen LogP contribution is 2.24. The molecule has 7 nitrogen and oxygen atoms in total. The Hall–Kier alpha value is -1.83. The van der Waals surface area contributed by atoms with Crippen LogP contribution in [0.3, 0.4) is 0 Å². The highest BCUT2D eigenvalue weighted by Gasteiger charge is 2.27. The number of nitrogens with one attached hydrogen (secondary N) is 1. The molecular weight excluding hydrogens is 402 g/mol. The number of nitrogens with zero attached hydrogens (tertiary/aromatic N) is 4. The maximum Gasteiger partial charge on any atom is 0.194 e. The number of benzene rings is 1. The van der Waals surface area contributed by atoms with Crippen LogP contribution in [-0.4, -0.2) is 93.0 Å². The first-order valence-electron chi connectivity index (χ1n) is 12.5. The maximum atomic E-state index is 9.35. The number of guanidine groups is 1. The Balaban J connectivity index is 1.29. The summed E-state index contributed by atoms with van der Waals surface area (Å²) in [5.74, 6) is 2.24. The van der Waals surface area contributed by atoms with Gasteiger partial charge in [-0.05, 0) is 55.7 Å². The third kappa shape index (κ3) is 6.36. The van der Waals surface area contributed by atoms with Gasteiger partial charge in [0, 0.05) is 64.7 Å². The lowest BCUT2D eigenvalue weighted by molar-refractivity contribution is 0.0315. The summed E-state index contributed by atoms with van der Waals surface area (Å²) < 4.78 is 5.49. The third-order valence-electron chi connectivity index (χ3n) is 7.13. The SMILES string of the molecule is CCNC(=NCc1ccc(N2CCC(CO)CC2)cc1)N1CCC(CN2CCOCC2)C1. The molecule has 1 aromatic rings. The predicted octanol–water partition coefficient (Wildman–Crippen LogP) is 2.01. The van der Waals surface area contributed by atoms with Crippen molar-refractivity contribution in [1.29, 1.82) is 0 Å². The number of hydrogen-bond donors (Lipinski definition) is 2. The van der Waals surface area contributed by atoms with Crippen molar-refractivity contribution in [2.45, 2.75) is 32.7 Å². The van der Waals surface area contributed by atoms with E-state index in [1.807, 2.05) is 0 Å². The van der Waals surface area contributed by atoms with Gasteiger partial charge in [0.25, 0.3) is 0 Å². The second kappa shape index (κ2) is 11.9. The number of likely N-dealkylation sites (tertiary alicyclic amines) is 1. The molecule has 0 aliphatic carbocycles. The predicted molar refractivity (Wildman–Crippen MR) is 130 cm³/mol. The number of anilines is 1. The van der Waals surface area contributed by atoms with E-state index in [1.165, 1.54) is 24.2 Å². The van der Waals surface area contributed by atoms with E-state index >= 15 is 0 Å². The summed E-state index contributed by atoms with van der Waals surface area (Å²) in [7, 11) is 0. The summed E-state index contributed by atoms with van der Waals surface area (Å²) in [6, 6.07) is 8.88. The molecule has 0 saturated carbocycles. The van der Waals surface area contributed by atoms with Crippen LogP contribution in [0.5, 0.6) is 0 Å². The zero-order valence-corrected chi connectivity index (χ0v) is 19.7. The van der Waals surface area contributed by atoms with Crippen LogP contribution < -0.4 is 10.2 Å². The lowest BCUT2D eigenvalue weighted by atomic mass is 9.97. The summed E-state index contributed by atoms with van der Waals surface area (Å²) in [6.45, 7) is 13.4. The normalized spacial score (nSPS) is 23.7. The average molecular weight is 444 g/mol. The van der Waals surface area contributed by atoms with E-state index in [-0.39, 0.29) is 0 Å². The van der Waals surface area contributed by atoms with E-state index in [0.29, 0.717) is 25.0 Å². The van der Waals surface area contributed by atoms with Crippen LogP contribution in [0.15, 0.2) is 29.3 Å². The largest absolute Gasteiger partial charge is 0.396 e. The van der Waals surface area contributed by atoms with Gasteiger partial charge >= 0.3 is 0 Å². The van der Waals surface area contributed by atoms with Crippen molar-refractivity contribution in [3.05, 3.63) is 29.8 Å². The van der Waals surface area contributed by atoms with Crippen molar-refractivity contribution in [2.75, 3.05) is 77.1 Å². The molecule has 0 spiro atoms. The molecule has 1 atom stereocenters. The number of ether oxygens (including phenoxy) is 1. The molecule has 0 radical (unpaired) electrons. The number of morpholine rings is 1. The van der Waals surface area contributed by atoms with E-state index < -0.39 is 0 Å². The number of piperidine rings is 1. The number of hydrogen-bond acceptors (Lipinski definition) is 5. The molecule has 3 heterocycles. The Morgan fingerprint density at radius 1 is 1.03 bits per heavy atom. The molecule has 178 valence electrons. The van der Waals surface area contributed by atoms with Crippen molar-refractivity contribution in [3.8, 4) is 0 Å². The Morgan fingerprint density at radius 2 is 1.75 bits per heavy atom. The van der Waals surface area contributed by atoms with Crippen LogP contribution in [0.2, 0.25) is 0 Å². The molecule has 1 unspecified atom stereocenters. The van der Waals surface area contributed by atoms with E-state index in [4.69, 9.17) is 9.73 Å². The summed E-state index contributed by atoms with van der Waals surface area (Å²) in [6.07, 6.45) is 3.40. The first-order valence-corrected chi connectivity index (χ1v) is 12.5. The smallest absolute Gasteiger partial charge is 0.194 e. The summed E-state index contributed by atoms with van der Waals surface area (Å²) in [5.41, 5.74) is 2.53. The molecular formula is C25H41N5O2. The molecule has 4 rings (SSSR count). The maximum absolute atomic E-state index is 9.35. The van der Waals surface area contributed by atoms with Gasteiger partial charge in [-0.3, -0.25) is 4.90 Å². The molecule has 7 heteroatoms. The second-order valence-electron chi connectivity index (χ2n) is 9.46. The minimum Gasteiger partial charge on any atom is -0.396 e. The molecule has 3 aliphatic rings. The van der Waals surface area contributed by atoms with Crippen LogP contribution in [0.25, 0.3) is 0 Å².